The molecule has 0 saturated heterocycles. The molecule has 2 N–H and O–H groups in total. The van der Waals surface area contributed by atoms with Crippen LogP contribution in [-0.4, -0.2) is 19.6 Å². The van der Waals surface area contributed by atoms with Crippen molar-refractivity contribution in [3.8, 4) is 0 Å². The number of hydrogen-bond acceptors (Lipinski definition) is 1. The van der Waals surface area contributed by atoms with Crippen molar-refractivity contribution in [2.45, 2.75) is 18.9 Å². The highest BCUT2D eigenvalue weighted by Crippen LogP contribution is 2.33. The van der Waals surface area contributed by atoms with Crippen LogP contribution in [0.25, 0.3) is 0 Å². The molecule has 0 bridgehead atoms. The molecule has 5 heteroatoms. The third-order valence-electron chi connectivity index (χ3n) is 4.10. The quantitative estimate of drug-likeness (QED) is 0.448. The Hall–Kier alpha value is -1.63. The van der Waals surface area contributed by atoms with Crippen LogP contribution in [-0.2, 0) is 13.0 Å². The summed E-state index contributed by atoms with van der Waals surface area (Å²) in [5, 5.41) is 6.47. The number of benzene rings is 2. The van der Waals surface area contributed by atoms with Crippen molar-refractivity contribution in [3.63, 3.8) is 0 Å². The number of halogens is 2. The van der Waals surface area contributed by atoms with Gasteiger partial charge in [0, 0.05) is 31.6 Å². The van der Waals surface area contributed by atoms with E-state index in [4.69, 9.17) is 0 Å². The van der Waals surface area contributed by atoms with Crippen LogP contribution >= 0.6 is 24.0 Å². The van der Waals surface area contributed by atoms with Crippen LogP contribution in [0.4, 0.5) is 4.39 Å². The summed E-state index contributed by atoms with van der Waals surface area (Å²) in [6.45, 7) is 1.27. The van der Waals surface area contributed by atoms with E-state index in [2.05, 4.69) is 39.9 Å². The van der Waals surface area contributed by atoms with Gasteiger partial charge in [-0.15, -0.1) is 24.0 Å². The van der Waals surface area contributed by atoms with Crippen molar-refractivity contribution in [1.82, 2.24) is 10.6 Å². The average molecular weight is 425 g/mol. The number of rotatable bonds is 4. The molecule has 23 heavy (non-hydrogen) atoms. The van der Waals surface area contributed by atoms with Gasteiger partial charge in [0.05, 0.1) is 0 Å². The second-order valence-corrected chi connectivity index (χ2v) is 5.50. The van der Waals surface area contributed by atoms with Crippen LogP contribution in [0.2, 0.25) is 0 Å². The van der Waals surface area contributed by atoms with Gasteiger partial charge in [-0.3, -0.25) is 4.99 Å². The summed E-state index contributed by atoms with van der Waals surface area (Å²) in [5.74, 6) is 1.04. The molecule has 122 valence electrons. The first kappa shape index (κ1) is 17.7. The van der Waals surface area contributed by atoms with Crippen LogP contribution in [0.5, 0.6) is 0 Å². The molecule has 1 aliphatic carbocycles. The number of fused-ring (bicyclic) bond motifs is 1. The zero-order valence-electron chi connectivity index (χ0n) is 13.1. The Labute approximate surface area is 153 Å². The number of aliphatic imine (C=N–C) groups is 1. The van der Waals surface area contributed by atoms with E-state index in [-0.39, 0.29) is 29.8 Å². The summed E-state index contributed by atoms with van der Waals surface area (Å²) in [7, 11) is 1.73. The number of nitrogens with zero attached hydrogens (tertiary/aromatic N) is 1. The standard InChI is InChI=1S/C18H20FN3.HI/c1-20-18(21-11-14-7-3-5-9-17(14)19)22-12-15-10-13-6-2-4-8-16(13)15;/h2-9,15H,10-12H2,1H3,(H2,20,21,22);1H. The molecule has 0 amide bonds. The Bertz CT molecular complexity index is 687. The molecular weight excluding hydrogens is 404 g/mol. The Balaban J connectivity index is 0.00000192. The number of guanidine groups is 1. The summed E-state index contributed by atoms with van der Waals surface area (Å²) < 4.78 is 13.6. The molecule has 1 unspecified atom stereocenters. The molecule has 0 saturated carbocycles. The van der Waals surface area contributed by atoms with Crippen LogP contribution in [0.15, 0.2) is 53.5 Å². The van der Waals surface area contributed by atoms with Crippen molar-refractivity contribution >= 4 is 29.9 Å². The summed E-state index contributed by atoms with van der Waals surface area (Å²) in [6.07, 6.45) is 1.10. The van der Waals surface area contributed by atoms with E-state index in [9.17, 15) is 4.39 Å². The fourth-order valence-electron chi connectivity index (χ4n) is 2.81. The van der Waals surface area contributed by atoms with E-state index < -0.39 is 0 Å². The predicted octanol–water partition coefficient (Wildman–Crippen LogP) is 3.45. The molecule has 1 aliphatic rings. The lowest BCUT2D eigenvalue weighted by molar-refractivity contribution is 0.580. The third-order valence-corrected chi connectivity index (χ3v) is 4.10. The van der Waals surface area contributed by atoms with E-state index in [0.29, 0.717) is 24.0 Å². The molecule has 0 aromatic heterocycles. The smallest absolute Gasteiger partial charge is 0.191 e. The highest BCUT2D eigenvalue weighted by molar-refractivity contribution is 14.0. The van der Waals surface area contributed by atoms with Gasteiger partial charge in [-0.2, -0.15) is 0 Å². The van der Waals surface area contributed by atoms with Gasteiger partial charge >= 0.3 is 0 Å². The summed E-state index contributed by atoms with van der Waals surface area (Å²) in [6, 6.07) is 15.3. The van der Waals surface area contributed by atoms with Gasteiger partial charge in [0.25, 0.3) is 0 Å². The predicted molar refractivity (Wildman–Crippen MR) is 103 cm³/mol. The molecule has 0 spiro atoms. The number of hydrogen-bond donors (Lipinski definition) is 2. The first-order chi connectivity index (χ1) is 10.8. The summed E-state index contributed by atoms with van der Waals surface area (Å²) >= 11 is 0. The molecule has 0 aliphatic heterocycles. The van der Waals surface area contributed by atoms with E-state index >= 15 is 0 Å². The van der Waals surface area contributed by atoms with Gasteiger partial charge in [-0.25, -0.2) is 4.39 Å². The van der Waals surface area contributed by atoms with Crippen molar-refractivity contribution in [2.75, 3.05) is 13.6 Å². The number of nitrogens with one attached hydrogen (secondary N) is 2. The zero-order chi connectivity index (χ0) is 15.4. The van der Waals surface area contributed by atoms with Gasteiger partial charge < -0.3 is 10.6 Å². The minimum atomic E-state index is -0.196. The molecule has 3 rings (SSSR count). The van der Waals surface area contributed by atoms with Crippen molar-refractivity contribution in [2.24, 2.45) is 4.99 Å². The lowest BCUT2D eigenvalue weighted by Crippen LogP contribution is -2.40. The topological polar surface area (TPSA) is 36.4 Å². The minimum Gasteiger partial charge on any atom is -0.356 e. The lowest BCUT2D eigenvalue weighted by atomic mass is 9.78. The summed E-state index contributed by atoms with van der Waals surface area (Å²) in [5.41, 5.74) is 3.49. The van der Waals surface area contributed by atoms with Gasteiger partial charge in [0.15, 0.2) is 5.96 Å². The van der Waals surface area contributed by atoms with Crippen LogP contribution < -0.4 is 10.6 Å². The van der Waals surface area contributed by atoms with E-state index in [0.717, 1.165) is 13.0 Å². The Morgan fingerprint density at radius 2 is 1.87 bits per heavy atom. The minimum absolute atomic E-state index is 0. The van der Waals surface area contributed by atoms with E-state index in [1.54, 1.807) is 19.2 Å². The SMILES string of the molecule is CN=C(NCc1ccccc1F)NCC1Cc2ccccc21.I. The maximum absolute atomic E-state index is 13.6. The third kappa shape index (κ3) is 4.22. The Morgan fingerprint density at radius 3 is 2.61 bits per heavy atom. The highest BCUT2D eigenvalue weighted by atomic mass is 127. The van der Waals surface area contributed by atoms with Gasteiger partial charge in [-0.1, -0.05) is 42.5 Å². The first-order valence-electron chi connectivity index (χ1n) is 7.53. The molecule has 3 nitrogen and oxygen atoms in total. The largest absolute Gasteiger partial charge is 0.356 e. The molecule has 0 heterocycles. The Morgan fingerprint density at radius 1 is 1.13 bits per heavy atom. The van der Waals surface area contributed by atoms with Crippen molar-refractivity contribution < 1.29 is 4.39 Å². The summed E-state index contributed by atoms with van der Waals surface area (Å²) in [4.78, 5) is 4.19. The maximum Gasteiger partial charge on any atom is 0.191 e. The molecular formula is C18H21FIN3. The van der Waals surface area contributed by atoms with Gasteiger partial charge in [0.2, 0.25) is 0 Å². The van der Waals surface area contributed by atoms with Crippen LogP contribution in [0.1, 0.15) is 22.6 Å². The normalized spacial score (nSPS) is 15.9. The fourth-order valence-corrected chi connectivity index (χ4v) is 2.81. The monoisotopic (exact) mass is 425 g/mol. The fraction of sp³-hybridized carbons (Fsp3) is 0.278. The maximum atomic E-state index is 13.6. The zero-order valence-corrected chi connectivity index (χ0v) is 15.4. The second kappa shape index (κ2) is 8.29. The highest BCUT2D eigenvalue weighted by Gasteiger charge is 2.25. The first-order valence-corrected chi connectivity index (χ1v) is 7.53. The Kier molecular flexibility index (Phi) is 6.38. The molecule has 1 atom stereocenters. The van der Waals surface area contributed by atoms with Crippen LogP contribution in [0, 0.1) is 5.82 Å². The lowest BCUT2D eigenvalue weighted by Gasteiger charge is -2.30. The van der Waals surface area contributed by atoms with Gasteiger partial charge in [0.1, 0.15) is 5.82 Å². The van der Waals surface area contributed by atoms with E-state index in [1.807, 2.05) is 6.07 Å². The molecule has 2 aromatic carbocycles. The molecule has 0 radical (unpaired) electrons. The molecule has 2 aromatic rings. The molecule has 0 fully saturated rings. The van der Waals surface area contributed by atoms with Crippen molar-refractivity contribution in [1.29, 1.82) is 0 Å². The second-order valence-electron chi connectivity index (χ2n) is 5.50. The van der Waals surface area contributed by atoms with Crippen LogP contribution in [0.3, 0.4) is 0 Å². The van der Waals surface area contributed by atoms with E-state index in [1.165, 1.54) is 17.2 Å². The van der Waals surface area contributed by atoms with Crippen molar-refractivity contribution in [3.05, 3.63) is 71.0 Å². The average Bonchev–Trinajstić information content (AvgIpc) is 2.52. The van der Waals surface area contributed by atoms with Gasteiger partial charge in [-0.05, 0) is 23.6 Å².